The summed E-state index contributed by atoms with van der Waals surface area (Å²) >= 11 is 0. The largest absolute Gasteiger partial charge is 0.376 e. The van der Waals surface area contributed by atoms with E-state index in [-0.39, 0.29) is 23.0 Å². The number of aldehydes is 1. The van der Waals surface area contributed by atoms with Crippen LogP contribution in [0.25, 0.3) is 0 Å². The Kier molecular flexibility index (Phi) is 8.35. The fourth-order valence-corrected chi connectivity index (χ4v) is 4.48. The summed E-state index contributed by atoms with van der Waals surface area (Å²) in [7, 11) is 0. The van der Waals surface area contributed by atoms with Crippen LogP contribution in [-0.4, -0.2) is 25.3 Å². The van der Waals surface area contributed by atoms with Gasteiger partial charge in [0, 0.05) is 17.8 Å². The van der Waals surface area contributed by atoms with Crippen LogP contribution >= 0.6 is 0 Å². The van der Waals surface area contributed by atoms with E-state index in [0.29, 0.717) is 39.3 Å². The van der Waals surface area contributed by atoms with Crippen LogP contribution in [0.5, 0.6) is 0 Å². The second-order valence-electron chi connectivity index (χ2n) is 8.67. The number of carbonyl (C=O) groups excluding carboxylic acids is 2. The summed E-state index contributed by atoms with van der Waals surface area (Å²) in [5, 5.41) is 0. The van der Waals surface area contributed by atoms with E-state index in [1.54, 1.807) is 6.92 Å². The van der Waals surface area contributed by atoms with Gasteiger partial charge in [-0.3, -0.25) is 0 Å². The molecule has 2 aromatic carbocycles. The number of hydrogen-bond acceptors (Lipinski definition) is 4. The smallest absolute Gasteiger partial charge is 0.130 e. The van der Waals surface area contributed by atoms with Crippen LogP contribution in [0.3, 0.4) is 0 Å². The molecule has 160 valence electrons. The molecule has 1 aliphatic carbocycles. The molecule has 2 atom stereocenters. The zero-order chi connectivity index (χ0) is 21.2. The lowest BCUT2D eigenvalue weighted by Crippen LogP contribution is -2.41. The predicted octanol–water partition coefficient (Wildman–Crippen LogP) is 5.00. The first-order valence-corrected chi connectivity index (χ1v) is 10.8. The molecule has 0 aromatic heterocycles. The number of ketones is 1. The van der Waals surface area contributed by atoms with Gasteiger partial charge in [-0.15, -0.1) is 0 Å². The Bertz CT molecular complexity index is 742. The summed E-state index contributed by atoms with van der Waals surface area (Å²) in [6.45, 7) is 3.80. The van der Waals surface area contributed by atoms with Crippen LogP contribution in [-0.2, 0) is 32.3 Å². The molecule has 0 unspecified atom stereocenters. The van der Waals surface area contributed by atoms with Crippen molar-refractivity contribution in [3.8, 4) is 0 Å². The SMILES string of the molecule is CC(=O)C[C@H]1CCC(COCc2ccccc2)(COCc2ccccc2)C[C@@H]1C=O. The molecule has 0 saturated heterocycles. The van der Waals surface area contributed by atoms with E-state index in [1.165, 1.54) is 0 Å². The number of Topliss-reactive ketones (excluding diaryl/α,β-unsaturated/α-hetero) is 1. The first-order valence-electron chi connectivity index (χ1n) is 10.8. The topological polar surface area (TPSA) is 52.6 Å². The summed E-state index contributed by atoms with van der Waals surface area (Å²) in [4.78, 5) is 23.5. The summed E-state index contributed by atoms with van der Waals surface area (Å²) in [6, 6.07) is 20.2. The van der Waals surface area contributed by atoms with Crippen molar-refractivity contribution >= 4 is 12.1 Å². The minimum absolute atomic E-state index is 0.122. The Hall–Kier alpha value is -2.30. The number of ether oxygens (including phenoxy) is 2. The second kappa shape index (κ2) is 11.2. The normalized spacial score (nSPS) is 20.6. The highest BCUT2D eigenvalue weighted by molar-refractivity contribution is 5.76. The van der Waals surface area contributed by atoms with Gasteiger partial charge in [-0.05, 0) is 43.2 Å². The molecule has 1 fully saturated rings. The number of benzene rings is 2. The van der Waals surface area contributed by atoms with E-state index in [9.17, 15) is 9.59 Å². The number of rotatable bonds is 11. The molecular weight excluding hydrogens is 376 g/mol. The molecule has 30 heavy (non-hydrogen) atoms. The maximum Gasteiger partial charge on any atom is 0.130 e. The molecule has 0 heterocycles. The van der Waals surface area contributed by atoms with Crippen LogP contribution in [0.2, 0.25) is 0 Å². The Morgan fingerprint density at radius 3 is 1.97 bits per heavy atom. The molecule has 0 spiro atoms. The Morgan fingerprint density at radius 2 is 1.50 bits per heavy atom. The van der Waals surface area contributed by atoms with Gasteiger partial charge in [-0.1, -0.05) is 60.7 Å². The lowest BCUT2D eigenvalue weighted by molar-refractivity contribution is -0.124. The number of carbonyl (C=O) groups is 2. The zero-order valence-electron chi connectivity index (χ0n) is 17.8. The van der Waals surface area contributed by atoms with Crippen molar-refractivity contribution in [2.75, 3.05) is 13.2 Å². The fraction of sp³-hybridized carbons (Fsp3) is 0.462. The van der Waals surface area contributed by atoms with Crippen LogP contribution in [0.4, 0.5) is 0 Å². The third-order valence-electron chi connectivity index (χ3n) is 6.08. The first-order chi connectivity index (χ1) is 14.6. The summed E-state index contributed by atoms with van der Waals surface area (Å²) in [5.41, 5.74) is 2.06. The van der Waals surface area contributed by atoms with E-state index in [0.717, 1.165) is 30.3 Å². The van der Waals surface area contributed by atoms with E-state index in [4.69, 9.17) is 9.47 Å². The molecule has 4 heteroatoms. The second-order valence-corrected chi connectivity index (χ2v) is 8.67. The van der Waals surface area contributed by atoms with Crippen molar-refractivity contribution in [2.24, 2.45) is 17.3 Å². The molecule has 1 aliphatic rings. The van der Waals surface area contributed by atoms with Crippen LogP contribution in [0, 0.1) is 17.3 Å². The standard InChI is InChI=1S/C26H32O4/c1-21(28)14-24-12-13-26(15-25(24)16-27,19-29-17-22-8-4-2-5-9-22)20-30-18-23-10-6-3-7-11-23/h2-11,16,24-25H,12-15,17-20H2,1H3/t24-,25-/m1/s1. The van der Waals surface area contributed by atoms with Gasteiger partial charge < -0.3 is 19.1 Å². The molecule has 4 nitrogen and oxygen atoms in total. The third kappa shape index (κ3) is 6.61. The first kappa shape index (κ1) is 22.4. The summed E-state index contributed by atoms with van der Waals surface area (Å²) in [5.74, 6) is 0.166. The van der Waals surface area contributed by atoms with Crippen molar-refractivity contribution < 1.29 is 19.1 Å². The molecule has 0 N–H and O–H groups in total. The van der Waals surface area contributed by atoms with Gasteiger partial charge in [-0.2, -0.15) is 0 Å². The van der Waals surface area contributed by atoms with E-state index < -0.39 is 0 Å². The number of hydrogen-bond donors (Lipinski definition) is 0. The Labute approximate surface area is 179 Å². The fourth-order valence-electron chi connectivity index (χ4n) is 4.48. The van der Waals surface area contributed by atoms with Gasteiger partial charge >= 0.3 is 0 Å². The molecule has 0 aliphatic heterocycles. The highest BCUT2D eigenvalue weighted by Crippen LogP contribution is 2.44. The summed E-state index contributed by atoms with van der Waals surface area (Å²) in [6.07, 6.45) is 3.98. The highest BCUT2D eigenvalue weighted by Gasteiger charge is 2.41. The predicted molar refractivity (Wildman–Crippen MR) is 117 cm³/mol. The average Bonchev–Trinajstić information content (AvgIpc) is 2.76. The molecule has 2 aromatic rings. The molecular formula is C26H32O4. The van der Waals surface area contributed by atoms with E-state index in [1.807, 2.05) is 36.4 Å². The molecule has 0 amide bonds. The third-order valence-corrected chi connectivity index (χ3v) is 6.08. The van der Waals surface area contributed by atoms with Crippen molar-refractivity contribution in [1.82, 2.24) is 0 Å². The molecule has 1 saturated carbocycles. The quantitative estimate of drug-likeness (QED) is 0.491. The maximum absolute atomic E-state index is 11.8. The van der Waals surface area contributed by atoms with Crippen LogP contribution < -0.4 is 0 Å². The molecule has 3 rings (SSSR count). The van der Waals surface area contributed by atoms with Gasteiger partial charge in [0.25, 0.3) is 0 Å². The van der Waals surface area contributed by atoms with Gasteiger partial charge in [0.2, 0.25) is 0 Å². The van der Waals surface area contributed by atoms with Gasteiger partial charge in [0.05, 0.1) is 26.4 Å². The monoisotopic (exact) mass is 408 g/mol. The Balaban J connectivity index is 1.64. The minimum Gasteiger partial charge on any atom is -0.376 e. The van der Waals surface area contributed by atoms with Gasteiger partial charge in [-0.25, -0.2) is 0 Å². The molecule has 0 bridgehead atoms. The van der Waals surface area contributed by atoms with Gasteiger partial charge in [0.1, 0.15) is 12.1 Å². The lowest BCUT2D eigenvalue weighted by Gasteiger charge is -2.42. The summed E-state index contributed by atoms with van der Waals surface area (Å²) < 4.78 is 12.2. The van der Waals surface area contributed by atoms with E-state index >= 15 is 0 Å². The van der Waals surface area contributed by atoms with Crippen molar-refractivity contribution in [1.29, 1.82) is 0 Å². The van der Waals surface area contributed by atoms with Gasteiger partial charge in [0.15, 0.2) is 0 Å². The lowest BCUT2D eigenvalue weighted by atomic mass is 9.65. The van der Waals surface area contributed by atoms with Crippen molar-refractivity contribution in [3.05, 3.63) is 71.8 Å². The van der Waals surface area contributed by atoms with Crippen LogP contribution in [0.15, 0.2) is 60.7 Å². The van der Waals surface area contributed by atoms with E-state index in [2.05, 4.69) is 24.3 Å². The maximum atomic E-state index is 11.8. The van der Waals surface area contributed by atoms with Crippen molar-refractivity contribution in [3.63, 3.8) is 0 Å². The zero-order valence-corrected chi connectivity index (χ0v) is 17.8. The van der Waals surface area contributed by atoms with Crippen molar-refractivity contribution in [2.45, 2.75) is 45.8 Å². The average molecular weight is 409 g/mol. The van der Waals surface area contributed by atoms with Crippen LogP contribution in [0.1, 0.15) is 43.7 Å². The minimum atomic E-state index is -0.206. The highest BCUT2D eigenvalue weighted by atomic mass is 16.5. The Morgan fingerprint density at radius 1 is 0.967 bits per heavy atom. The molecule has 0 radical (unpaired) electrons.